The van der Waals surface area contributed by atoms with Gasteiger partial charge in [-0.25, -0.2) is 9.78 Å². The second kappa shape index (κ2) is 5.94. The number of rotatable bonds is 6. The van der Waals surface area contributed by atoms with E-state index in [-0.39, 0.29) is 5.69 Å². The molecule has 2 aromatic rings. The van der Waals surface area contributed by atoms with Crippen LogP contribution in [0.1, 0.15) is 42.7 Å². The second-order valence-electron chi connectivity index (χ2n) is 4.98. The van der Waals surface area contributed by atoms with Crippen molar-refractivity contribution in [2.45, 2.75) is 33.6 Å². The minimum atomic E-state index is -0.993. The molecular weight excluding hydrogens is 254 g/mol. The molecule has 5 nitrogen and oxygen atoms in total. The molecule has 0 aliphatic carbocycles. The molecular formula is C15H21N3O2. The molecule has 2 rings (SSSR count). The Balaban J connectivity index is 2.42. The van der Waals surface area contributed by atoms with E-state index in [0.29, 0.717) is 5.65 Å². The third-order valence-electron chi connectivity index (χ3n) is 3.47. The van der Waals surface area contributed by atoms with Crippen molar-refractivity contribution in [2.75, 3.05) is 18.0 Å². The summed E-state index contributed by atoms with van der Waals surface area (Å²) in [5.74, 6) is -0.993. The van der Waals surface area contributed by atoms with Crippen LogP contribution in [-0.4, -0.2) is 33.6 Å². The summed E-state index contributed by atoms with van der Waals surface area (Å²) < 4.78 is 1.81. The van der Waals surface area contributed by atoms with Gasteiger partial charge in [-0.2, -0.15) is 0 Å². The lowest BCUT2D eigenvalue weighted by Crippen LogP contribution is -2.24. The Morgan fingerprint density at radius 2 is 2.15 bits per heavy atom. The molecule has 0 radical (unpaired) electrons. The molecule has 0 unspecified atom stereocenters. The van der Waals surface area contributed by atoms with Crippen LogP contribution in [0.15, 0.2) is 18.5 Å². The molecule has 0 aliphatic heterocycles. The molecule has 5 heteroatoms. The molecule has 2 heterocycles. The lowest BCUT2D eigenvalue weighted by Gasteiger charge is -2.23. The van der Waals surface area contributed by atoms with Crippen LogP contribution in [0.5, 0.6) is 0 Å². The van der Waals surface area contributed by atoms with E-state index in [1.165, 1.54) is 0 Å². The Hall–Kier alpha value is -2.04. The van der Waals surface area contributed by atoms with Gasteiger partial charge in [0, 0.05) is 25.5 Å². The largest absolute Gasteiger partial charge is 0.476 e. The Kier molecular flexibility index (Phi) is 4.27. The summed E-state index contributed by atoms with van der Waals surface area (Å²) >= 11 is 0. The normalized spacial score (nSPS) is 10.9. The first-order valence-corrected chi connectivity index (χ1v) is 7.04. The fourth-order valence-electron chi connectivity index (χ4n) is 2.34. The quantitative estimate of drug-likeness (QED) is 0.880. The summed E-state index contributed by atoms with van der Waals surface area (Å²) in [5.41, 5.74) is 2.89. The van der Waals surface area contributed by atoms with E-state index in [0.717, 1.165) is 37.2 Å². The van der Waals surface area contributed by atoms with E-state index in [1.54, 1.807) is 6.20 Å². The number of imidazole rings is 1. The molecule has 0 saturated heterocycles. The third-order valence-corrected chi connectivity index (χ3v) is 3.47. The maximum Gasteiger partial charge on any atom is 0.356 e. The Labute approximate surface area is 118 Å². The van der Waals surface area contributed by atoms with Crippen molar-refractivity contribution in [1.29, 1.82) is 0 Å². The van der Waals surface area contributed by atoms with Gasteiger partial charge in [-0.1, -0.05) is 13.3 Å². The van der Waals surface area contributed by atoms with Crippen LogP contribution in [0.2, 0.25) is 0 Å². The number of nitrogens with zero attached hydrogens (tertiary/aromatic N) is 3. The van der Waals surface area contributed by atoms with Gasteiger partial charge >= 0.3 is 5.97 Å². The van der Waals surface area contributed by atoms with Gasteiger partial charge < -0.3 is 14.4 Å². The van der Waals surface area contributed by atoms with Crippen molar-refractivity contribution in [3.8, 4) is 0 Å². The number of pyridine rings is 1. The summed E-state index contributed by atoms with van der Waals surface area (Å²) in [6.45, 7) is 8.22. The minimum Gasteiger partial charge on any atom is -0.476 e. The number of carboxylic acids is 1. The van der Waals surface area contributed by atoms with Gasteiger partial charge in [0.2, 0.25) is 0 Å². The summed E-state index contributed by atoms with van der Waals surface area (Å²) in [6.07, 6.45) is 5.84. The smallest absolute Gasteiger partial charge is 0.356 e. The molecule has 0 amide bonds. The molecule has 0 atom stereocenters. The Bertz CT molecular complexity index is 619. The van der Waals surface area contributed by atoms with Crippen LogP contribution in [-0.2, 0) is 0 Å². The minimum absolute atomic E-state index is 0.0851. The number of unbranched alkanes of at least 4 members (excludes halogenated alkanes) is 1. The Morgan fingerprint density at radius 1 is 1.40 bits per heavy atom. The summed E-state index contributed by atoms with van der Waals surface area (Å²) in [6, 6.07) is 2.08. The fourth-order valence-corrected chi connectivity index (χ4v) is 2.34. The maximum atomic E-state index is 11.0. The molecule has 108 valence electrons. The SMILES string of the molecule is CCCCN(CC)c1cc(C)c2nc(C(=O)O)cn2c1. The number of hydrogen-bond donors (Lipinski definition) is 1. The van der Waals surface area contributed by atoms with Gasteiger partial charge in [0.25, 0.3) is 0 Å². The highest BCUT2D eigenvalue weighted by molar-refractivity contribution is 5.86. The highest BCUT2D eigenvalue weighted by Gasteiger charge is 2.12. The molecule has 2 aromatic heterocycles. The van der Waals surface area contributed by atoms with Crippen molar-refractivity contribution in [2.24, 2.45) is 0 Å². The van der Waals surface area contributed by atoms with Crippen molar-refractivity contribution in [3.63, 3.8) is 0 Å². The van der Waals surface area contributed by atoms with Gasteiger partial charge in [-0.15, -0.1) is 0 Å². The van der Waals surface area contributed by atoms with Gasteiger partial charge in [-0.05, 0) is 31.9 Å². The molecule has 20 heavy (non-hydrogen) atoms. The highest BCUT2D eigenvalue weighted by atomic mass is 16.4. The number of aromatic nitrogens is 2. The topological polar surface area (TPSA) is 57.8 Å². The van der Waals surface area contributed by atoms with Crippen molar-refractivity contribution in [3.05, 3.63) is 29.7 Å². The second-order valence-corrected chi connectivity index (χ2v) is 4.98. The zero-order chi connectivity index (χ0) is 14.7. The number of carboxylic acid groups (broad SMARTS) is 1. The van der Waals surface area contributed by atoms with Gasteiger partial charge in [0.15, 0.2) is 5.69 Å². The molecule has 0 aliphatic rings. The van der Waals surface area contributed by atoms with Crippen LogP contribution in [0, 0.1) is 6.92 Å². The van der Waals surface area contributed by atoms with E-state index in [4.69, 9.17) is 5.11 Å². The maximum absolute atomic E-state index is 11.0. The number of aryl methyl sites for hydroxylation is 1. The van der Waals surface area contributed by atoms with Crippen LogP contribution >= 0.6 is 0 Å². The number of carbonyl (C=O) groups is 1. The molecule has 0 aromatic carbocycles. The van der Waals surface area contributed by atoms with E-state index < -0.39 is 5.97 Å². The lowest BCUT2D eigenvalue weighted by molar-refractivity contribution is 0.0691. The average molecular weight is 275 g/mol. The first-order valence-electron chi connectivity index (χ1n) is 7.04. The molecule has 0 fully saturated rings. The van der Waals surface area contributed by atoms with Gasteiger partial charge in [-0.3, -0.25) is 0 Å². The lowest BCUT2D eigenvalue weighted by atomic mass is 10.2. The zero-order valence-electron chi connectivity index (χ0n) is 12.3. The average Bonchev–Trinajstić information content (AvgIpc) is 2.84. The number of anilines is 1. The summed E-state index contributed by atoms with van der Waals surface area (Å²) in [4.78, 5) is 17.5. The van der Waals surface area contributed by atoms with E-state index in [1.807, 2.05) is 17.5 Å². The van der Waals surface area contributed by atoms with E-state index in [9.17, 15) is 4.79 Å². The number of aromatic carboxylic acids is 1. The molecule has 1 N–H and O–H groups in total. The summed E-state index contributed by atoms with van der Waals surface area (Å²) in [7, 11) is 0. The van der Waals surface area contributed by atoms with Crippen LogP contribution < -0.4 is 4.90 Å². The summed E-state index contributed by atoms with van der Waals surface area (Å²) in [5, 5.41) is 9.03. The van der Waals surface area contributed by atoms with Crippen LogP contribution in [0.4, 0.5) is 5.69 Å². The standard InChI is InChI=1S/C15H21N3O2/c1-4-6-7-17(5-2)12-8-11(3)14-16-13(15(19)20)10-18(14)9-12/h8-10H,4-7H2,1-3H3,(H,19,20). The highest BCUT2D eigenvalue weighted by Crippen LogP contribution is 2.20. The first kappa shape index (κ1) is 14.4. The fraction of sp³-hybridized carbons (Fsp3) is 0.467. The predicted molar refractivity (Wildman–Crippen MR) is 79.7 cm³/mol. The monoisotopic (exact) mass is 275 g/mol. The Morgan fingerprint density at radius 3 is 2.75 bits per heavy atom. The van der Waals surface area contributed by atoms with Crippen molar-refractivity contribution >= 4 is 17.3 Å². The van der Waals surface area contributed by atoms with Crippen LogP contribution in [0.3, 0.4) is 0 Å². The van der Waals surface area contributed by atoms with Crippen molar-refractivity contribution in [1.82, 2.24) is 9.38 Å². The molecule has 0 saturated carbocycles. The van der Waals surface area contributed by atoms with Gasteiger partial charge in [0.05, 0.1) is 5.69 Å². The third kappa shape index (κ3) is 2.76. The van der Waals surface area contributed by atoms with E-state index in [2.05, 4.69) is 29.8 Å². The molecule has 0 bridgehead atoms. The number of fused-ring (bicyclic) bond motifs is 1. The zero-order valence-corrected chi connectivity index (χ0v) is 12.3. The van der Waals surface area contributed by atoms with E-state index >= 15 is 0 Å². The predicted octanol–water partition coefficient (Wildman–Crippen LogP) is 2.97. The van der Waals surface area contributed by atoms with Gasteiger partial charge in [0.1, 0.15) is 5.65 Å². The van der Waals surface area contributed by atoms with Crippen LogP contribution in [0.25, 0.3) is 5.65 Å². The molecule has 0 spiro atoms. The first-order chi connectivity index (χ1) is 9.56. The number of hydrogen-bond acceptors (Lipinski definition) is 3. The van der Waals surface area contributed by atoms with Crippen molar-refractivity contribution < 1.29 is 9.90 Å².